The van der Waals surface area contributed by atoms with E-state index >= 15 is 0 Å². The third-order valence-electron chi connectivity index (χ3n) is 5.12. The van der Waals surface area contributed by atoms with Crippen LogP contribution in [0.2, 0.25) is 0 Å². The van der Waals surface area contributed by atoms with Crippen LogP contribution in [-0.4, -0.2) is 52.9 Å². The SMILES string of the molecule is O=C(O)/C=C/C(=O)O.c1ccc(Cc2cccnc2S[C@@H](c2ccccc2)[C@@H]2CNCCO2)cc1. The zero-order valence-electron chi connectivity index (χ0n) is 19.1. The number of morpholine rings is 1. The molecule has 1 aliphatic heterocycles. The maximum Gasteiger partial charge on any atom is 0.328 e. The molecule has 0 bridgehead atoms. The Kier molecular flexibility index (Phi) is 10.5. The molecule has 1 aliphatic rings. The number of hydrogen-bond acceptors (Lipinski definition) is 6. The lowest BCUT2D eigenvalue weighted by molar-refractivity contribution is -0.134. The molecule has 0 amide bonds. The highest BCUT2D eigenvalue weighted by atomic mass is 32.2. The van der Waals surface area contributed by atoms with E-state index in [1.165, 1.54) is 16.7 Å². The minimum Gasteiger partial charge on any atom is -0.478 e. The van der Waals surface area contributed by atoms with Gasteiger partial charge in [0, 0.05) is 37.9 Å². The van der Waals surface area contributed by atoms with Crippen molar-refractivity contribution >= 4 is 23.7 Å². The molecule has 2 heterocycles. The predicted molar refractivity (Wildman–Crippen MR) is 136 cm³/mol. The maximum absolute atomic E-state index is 9.55. The summed E-state index contributed by atoms with van der Waals surface area (Å²) in [5.74, 6) is -2.51. The Hall–Kier alpha value is -3.46. The molecule has 4 rings (SSSR count). The van der Waals surface area contributed by atoms with Crippen molar-refractivity contribution in [1.29, 1.82) is 0 Å². The minimum atomic E-state index is -1.26. The highest BCUT2D eigenvalue weighted by Gasteiger charge is 2.28. The molecule has 0 unspecified atom stereocenters. The van der Waals surface area contributed by atoms with Gasteiger partial charge in [-0.25, -0.2) is 14.6 Å². The van der Waals surface area contributed by atoms with E-state index in [2.05, 4.69) is 72.0 Å². The number of carboxylic acids is 2. The second kappa shape index (κ2) is 14.1. The van der Waals surface area contributed by atoms with Crippen molar-refractivity contribution in [1.82, 2.24) is 10.3 Å². The summed E-state index contributed by atoms with van der Waals surface area (Å²) in [6.45, 7) is 2.55. The van der Waals surface area contributed by atoms with Crippen LogP contribution in [0.15, 0.2) is 96.2 Å². The van der Waals surface area contributed by atoms with Crippen LogP contribution in [0.25, 0.3) is 0 Å². The normalized spacial score (nSPS) is 16.2. The number of pyridine rings is 1. The highest BCUT2D eigenvalue weighted by molar-refractivity contribution is 7.99. The summed E-state index contributed by atoms with van der Waals surface area (Å²) in [5, 5.41) is 20.4. The van der Waals surface area contributed by atoms with Gasteiger partial charge in [-0.1, -0.05) is 78.5 Å². The van der Waals surface area contributed by atoms with Crippen LogP contribution in [-0.2, 0) is 20.7 Å². The molecule has 182 valence electrons. The van der Waals surface area contributed by atoms with E-state index in [-0.39, 0.29) is 11.4 Å². The third-order valence-corrected chi connectivity index (χ3v) is 6.54. The molecule has 0 radical (unpaired) electrons. The number of aromatic nitrogens is 1. The monoisotopic (exact) mass is 492 g/mol. The van der Waals surface area contributed by atoms with E-state index in [0.29, 0.717) is 12.2 Å². The second-order valence-corrected chi connectivity index (χ2v) is 8.83. The van der Waals surface area contributed by atoms with E-state index in [4.69, 9.17) is 19.9 Å². The Bertz CT molecular complexity index is 1090. The number of nitrogens with one attached hydrogen (secondary N) is 1. The van der Waals surface area contributed by atoms with Gasteiger partial charge in [0.05, 0.1) is 18.0 Å². The number of hydrogen-bond donors (Lipinski definition) is 3. The zero-order valence-corrected chi connectivity index (χ0v) is 19.9. The molecule has 1 aromatic heterocycles. The number of rotatable bonds is 8. The number of benzene rings is 2. The van der Waals surface area contributed by atoms with E-state index in [1.54, 1.807) is 0 Å². The summed E-state index contributed by atoms with van der Waals surface area (Å²) in [5.41, 5.74) is 3.85. The predicted octanol–water partition coefficient (Wildman–Crippen LogP) is 4.21. The highest BCUT2D eigenvalue weighted by Crippen LogP contribution is 2.40. The molecule has 8 heteroatoms. The smallest absolute Gasteiger partial charge is 0.328 e. The molecule has 2 aromatic carbocycles. The van der Waals surface area contributed by atoms with Crippen molar-refractivity contribution in [3.05, 3.63) is 108 Å². The lowest BCUT2D eigenvalue weighted by Crippen LogP contribution is -2.41. The third kappa shape index (κ3) is 9.01. The average Bonchev–Trinajstić information content (AvgIpc) is 2.89. The lowest BCUT2D eigenvalue weighted by atomic mass is 10.1. The van der Waals surface area contributed by atoms with Crippen molar-refractivity contribution in [3.63, 3.8) is 0 Å². The first-order chi connectivity index (χ1) is 17.0. The first kappa shape index (κ1) is 26.2. The van der Waals surface area contributed by atoms with E-state index in [9.17, 15) is 9.59 Å². The van der Waals surface area contributed by atoms with E-state index in [1.807, 2.05) is 24.0 Å². The van der Waals surface area contributed by atoms with Gasteiger partial charge in [-0.05, 0) is 22.8 Å². The number of aliphatic carboxylic acids is 2. The molecule has 1 fully saturated rings. The van der Waals surface area contributed by atoms with Gasteiger partial charge in [0.15, 0.2) is 0 Å². The van der Waals surface area contributed by atoms with Crippen LogP contribution in [0.5, 0.6) is 0 Å². The Morgan fingerprint density at radius 1 is 1.00 bits per heavy atom. The Morgan fingerprint density at radius 3 is 2.26 bits per heavy atom. The van der Waals surface area contributed by atoms with Crippen LogP contribution in [0.1, 0.15) is 21.9 Å². The first-order valence-corrected chi connectivity index (χ1v) is 12.1. The van der Waals surface area contributed by atoms with Gasteiger partial charge < -0.3 is 20.3 Å². The second-order valence-electron chi connectivity index (χ2n) is 7.70. The molecule has 2 atom stereocenters. The minimum absolute atomic E-state index is 0.137. The average molecular weight is 493 g/mol. The van der Waals surface area contributed by atoms with E-state index in [0.717, 1.165) is 31.1 Å². The summed E-state index contributed by atoms with van der Waals surface area (Å²) in [6, 6.07) is 25.4. The van der Waals surface area contributed by atoms with Crippen LogP contribution >= 0.6 is 11.8 Å². The maximum atomic E-state index is 9.55. The topological polar surface area (TPSA) is 109 Å². The summed E-state index contributed by atoms with van der Waals surface area (Å²) in [4.78, 5) is 23.8. The number of carboxylic acid groups (broad SMARTS) is 2. The van der Waals surface area contributed by atoms with Crippen LogP contribution < -0.4 is 5.32 Å². The molecule has 1 saturated heterocycles. The number of ether oxygens (including phenoxy) is 1. The van der Waals surface area contributed by atoms with Gasteiger partial charge in [0.25, 0.3) is 0 Å². The van der Waals surface area contributed by atoms with Crippen LogP contribution in [0.4, 0.5) is 0 Å². The first-order valence-electron chi connectivity index (χ1n) is 11.2. The summed E-state index contributed by atoms with van der Waals surface area (Å²) in [7, 11) is 0. The summed E-state index contributed by atoms with van der Waals surface area (Å²) < 4.78 is 6.11. The largest absolute Gasteiger partial charge is 0.478 e. The van der Waals surface area contributed by atoms with Gasteiger partial charge in [0.2, 0.25) is 0 Å². The molecule has 7 nitrogen and oxygen atoms in total. The fourth-order valence-corrected chi connectivity index (χ4v) is 4.80. The van der Waals surface area contributed by atoms with Crippen molar-refractivity contribution in [2.45, 2.75) is 22.8 Å². The fourth-order valence-electron chi connectivity index (χ4n) is 3.52. The standard InChI is InChI=1S/C23H24N2OS.C4H4O4/c1-3-8-18(9-4-1)16-20-12-7-13-25-23(20)27-22(19-10-5-2-6-11-19)21-17-24-14-15-26-21;5-3(6)1-2-4(7)8/h1-13,21-22,24H,14-17H2;1-2H,(H,5,6)(H,7,8)/b;2-1+/t21-,22-;/m0./s1. The Morgan fingerprint density at radius 2 is 1.66 bits per heavy atom. The molecule has 0 saturated carbocycles. The molecule has 0 spiro atoms. The van der Waals surface area contributed by atoms with Crippen molar-refractivity contribution in [2.75, 3.05) is 19.7 Å². The zero-order chi connectivity index (χ0) is 24.9. The lowest BCUT2D eigenvalue weighted by Gasteiger charge is -2.31. The van der Waals surface area contributed by atoms with Gasteiger partial charge in [0.1, 0.15) is 5.03 Å². The molecular formula is C27H28N2O5S. The summed E-state index contributed by atoms with van der Waals surface area (Å²) in [6.07, 6.45) is 4.03. The van der Waals surface area contributed by atoms with Crippen LogP contribution in [0, 0.1) is 0 Å². The Balaban J connectivity index is 0.000000371. The van der Waals surface area contributed by atoms with Crippen molar-refractivity contribution in [2.24, 2.45) is 0 Å². The van der Waals surface area contributed by atoms with Crippen molar-refractivity contribution < 1.29 is 24.5 Å². The molecule has 35 heavy (non-hydrogen) atoms. The van der Waals surface area contributed by atoms with Crippen LogP contribution in [0.3, 0.4) is 0 Å². The summed E-state index contributed by atoms with van der Waals surface area (Å²) >= 11 is 1.82. The van der Waals surface area contributed by atoms with Gasteiger partial charge in [-0.2, -0.15) is 0 Å². The molecular weight excluding hydrogens is 464 g/mol. The number of carbonyl (C=O) groups is 2. The van der Waals surface area contributed by atoms with E-state index < -0.39 is 11.9 Å². The molecule has 0 aliphatic carbocycles. The quantitative estimate of drug-likeness (QED) is 0.317. The van der Waals surface area contributed by atoms with Gasteiger partial charge >= 0.3 is 11.9 Å². The van der Waals surface area contributed by atoms with Crippen molar-refractivity contribution in [3.8, 4) is 0 Å². The Labute approximate surface area is 208 Å². The fraction of sp³-hybridized carbons (Fsp3) is 0.222. The molecule has 3 N–H and O–H groups in total. The van der Waals surface area contributed by atoms with Gasteiger partial charge in [-0.3, -0.25) is 0 Å². The van der Waals surface area contributed by atoms with Gasteiger partial charge in [-0.15, -0.1) is 0 Å². The number of nitrogens with zero attached hydrogens (tertiary/aromatic N) is 1. The molecule has 3 aromatic rings. The number of thioether (sulfide) groups is 1.